The van der Waals surface area contributed by atoms with Crippen LogP contribution in [0.25, 0.3) is 0 Å². The first-order chi connectivity index (χ1) is 7.27. The molecule has 0 saturated heterocycles. The minimum absolute atomic E-state index is 0.400. The van der Waals surface area contributed by atoms with Crippen molar-refractivity contribution in [1.29, 1.82) is 0 Å². The highest BCUT2D eigenvalue weighted by Crippen LogP contribution is 2.37. The van der Waals surface area contributed by atoms with Crippen molar-refractivity contribution in [2.24, 2.45) is 0 Å². The third-order valence-electron chi connectivity index (χ3n) is 3.05. The van der Waals surface area contributed by atoms with Crippen molar-refractivity contribution in [1.82, 2.24) is 0 Å². The first-order valence-electron chi connectivity index (χ1n) is 5.59. The Balaban J connectivity index is 2.09. The molecule has 0 heterocycles. The molecule has 0 aliphatic heterocycles. The fraction of sp³-hybridized carbons (Fsp3) is 0.500. The largest absolute Gasteiger partial charge is 0.399 e. The van der Waals surface area contributed by atoms with Gasteiger partial charge >= 0.3 is 0 Å². The lowest BCUT2D eigenvalue weighted by Gasteiger charge is -2.20. The van der Waals surface area contributed by atoms with Gasteiger partial charge in [0.1, 0.15) is 7.80 Å². The second-order valence-corrected chi connectivity index (χ2v) is 6.11. The van der Waals surface area contributed by atoms with Crippen LogP contribution in [0.3, 0.4) is 0 Å². The van der Waals surface area contributed by atoms with E-state index in [1.807, 2.05) is 24.3 Å². The van der Waals surface area contributed by atoms with Crippen LogP contribution in [-0.2, 0) is 4.57 Å². The average molecular weight is 222 g/mol. The van der Waals surface area contributed by atoms with Crippen LogP contribution >= 0.6 is 7.80 Å². The van der Waals surface area contributed by atoms with Gasteiger partial charge in [-0.1, -0.05) is 19.3 Å². The number of anilines is 1. The maximum Gasteiger partial charge on any atom is 0.107 e. The number of benzene rings is 1. The number of nitrogens with two attached hydrogens (primary N) is 1. The maximum atomic E-state index is 12.2. The smallest absolute Gasteiger partial charge is 0.107 e. The third kappa shape index (κ3) is 2.57. The van der Waals surface area contributed by atoms with Crippen molar-refractivity contribution in [2.75, 3.05) is 5.73 Å². The maximum absolute atomic E-state index is 12.2. The number of hydrogen-bond donors (Lipinski definition) is 1. The molecule has 1 aliphatic carbocycles. The quantitative estimate of drug-likeness (QED) is 0.617. The molecule has 1 atom stereocenters. The van der Waals surface area contributed by atoms with Crippen LogP contribution in [0.1, 0.15) is 32.1 Å². The normalized spacial score (nSPS) is 18.8. The topological polar surface area (TPSA) is 43.1 Å². The molecule has 0 spiro atoms. The fourth-order valence-corrected chi connectivity index (χ4v) is 3.85. The van der Waals surface area contributed by atoms with Gasteiger partial charge in [-0.05, 0) is 37.1 Å². The molecule has 1 fully saturated rings. The van der Waals surface area contributed by atoms with E-state index in [1.54, 1.807) is 0 Å². The molecular weight excluding hydrogens is 205 g/mol. The van der Waals surface area contributed by atoms with Crippen molar-refractivity contribution in [2.45, 2.75) is 37.8 Å². The monoisotopic (exact) mass is 222 g/mol. The molecule has 3 heteroatoms. The van der Waals surface area contributed by atoms with Gasteiger partial charge in [0.15, 0.2) is 0 Å². The van der Waals surface area contributed by atoms with Crippen LogP contribution in [0.5, 0.6) is 0 Å². The standard InChI is InChI=1S/C12H17NOP/c13-10-6-8-12(9-7-10)15(14)11-4-2-1-3-5-11/h6-9,11H,1-5,13H2. The summed E-state index contributed by atoms with van der Waals surface area (Å²) < 4.78 is 12.2. The summed E-state index contributed by atoms with van der Waals surface area (Å²) in [5, 5.41) is 0.964. The molecule has 0 aromatic heterocycles. The summed E-state index contributed by atoms with van der Waals surface area (Å²) in [6.45, 7) is 0. The highest BCUT2D eigenvalue weighted by molar-refractivity contribution is 7.54. The van der Waals surface area contributed by atoms with Gasteiger partial charge < -0.3 is 5.73 Å². The molecule has 1 aliphatic rings. The SMILES string of the molecule is Nc1ccc([P](=O)C2CCCCC2)cc1. The van der Waals surface area contributed by atoms with E-state index in [9.17, 15) is 4.57 Å². The van der Waals surface area contributed by atoms with E-state index in [1.165, 1.54) is 19.3 Å². The Morgan fingerprint density at radius 1 is 1.07 bits per heavy atom. The van der Waals surface area contributed by atoms with Gasteiger partial charge in [0, 0.05) is 16.7 Å². The van der Waals surface area contributed by atoms with Crippen LogP contribution in [-0.4, -0.2) is 5.66 Å². The van der Waals surface area contributed by atoms with Crippen molar-refractivity contribution in [3.63, 3.8) is 0 Å². The molecule has 1 radical (unpaired) electrons. The van der Waals surface area contributed by atoms with Gasteiger partial charge in [0.25, 0.3) is 0 Å². The Morgan fingerprint density at radius 3 is 2.27 bits per heavy atom. The van der Waals surface area contributed by atoms with Crippen molar-refractivity contribution in [3.05, 3.63) is 24.3 Å². The minimum Gasteiger partial charge on any atom is -0.399 e. The van der Waals surface area contributed by atoms with Gasteiger partial charge in [-0.15, -0.1) is 0 Å². The predicted octanol–water partition coefficient (Wildman–Crippen LogP) is 3.05. The molecule has 1 aromatic carbocycles. The van der Waals surface area contributed by atoms with E-state index in [0.717, 1.165) is 23.8 Å². The number of rotatable bonds is 2. The lowest BCUT2D eigenvalue weighted by molar-refractivity contribution is 0.494. The van der Waals surface area contributed by atoms with Gasteiger partial charge in [-0.2, -0.15) is 0 Å². The highest BCUT2D eigenvalue weighted by Gasteiger charge is 2.21. The van der Waals surface area contributed by atoms with Gasteiger partial charge in [0.05, 0.1) is 0 Å². The lowest BCUT2D eigenvalue weighted by Crippen LogP contribution is -2.13. The van der Waals surface area contributed by atoms with Crippen molar-refractivity contribution >= 4 is 18.8 Å². The van der Waals surface area contributed by atoms with Gasteiger partial charge in [-0.25, -0.2) is 0 Å². The Labute approximate surface area is 91.7 Å². The molecule has 2 rings (SSSR count). The van der Waals surface area contributed by atoms with Crippen molar-refractivity contribution < 1.29 is 4.57 Å². The molecule has 0 amide bonds. The first kappa shape index (κ1) is 10.6. The van der Waals surface area contributed by atoms with E-state index in [4.69, 9.17) is 5.73 Å². The van der Waals surface area contributed by atoms with E-state index in [2.05, 4.69) is 0 Å². The Kier molecular flexibility index (Phi) is 3.37. The van der Waals surface area contributed by atoms with Crippen LogP contribution in [0.2, 0.25) is 0 Å². The van der Waals surface area contributed by atoms with Crippen LogP contribution in [0, 0.1) is 0 Å². The molecule has 15 heavy (non-hydrogen) atoms. The molecule has 0 bridgehead atoms. The van der Waals surface area contributed by atoms with Crippen LogP contribution in [0.4, 0.5) is 5.69 Å². The third-order valence-corrected chi connectivity index (χ3v) is 5.04. The summed E-state index contributed by atoms with van der Waals surface area (Å²) in [5.41, 5.74) is 6.75. The molecule has 1 unspecified atom stereocenters. The zero-order chi connectivity index (χ0) is 10.7. The van der Waals surface area contributed by atoms with Crippen molar-refractivity contribution in [3.8, 4) is 0 Å². The lowest BCUT2D eigenvalue weighted by atomic mass is 10.0. The molecule has 1 aromatic rings. The molecular formula is C12H17NOP. The van der Waals surface area contributed by atoms with E-state index in [-0.39, 0.29) is 0 Å². The molecule has 1 saturated carbocycles. The predicted molar refractivity (Wildman–Crippen MR) is 65.0 cm³/mol. The van der Waals surface area contributed by atoms with E-state index >= 15 is 0 Å². The van der Waals surface area contributed by atoms with E-state index in [0.29, 0.717) is 5.66 Å². The Hall–Kier alpha value is -0.880. The zero-order valence-electron chi connectivity index (χ0n) is 8.86. The highest BCUT2D eigenvalue weighted by atomic mass is 31.1. The summed E-state index contributed by atoms with van der Waals surface area (Å²) >= 11 is 0. The van der Waals surface area contributed by atoms with E-state index < -0.39 is 7.80 Å². The van der Waals surface area contributed by atoms with Gasteiger partial charge in [-0.3, -0.25) is 4.57 Å². The Bertz CT molecular complexity index is 341. The summed E-state index contributed by atoms with van der Waals surface area (Å²) in [6, 6.07) is 7.49. The first-order valence-corrected chi connectivity index (χ1v) is 6.92. The average Bonchev–Trinajstić information content (AvgIpc) is 2.30. The molecule has 81 valence electrons. The second-order valence-electron chi connectivity index (χ2n) is 4.21. The summed E-state index contributed by atoms with van der Waals surface area (Å²) in [7, 11) is -1.21. The Morgan fingerprint density at radius 2 is 1.67 bits per heavy atom. The van der Waals surface area contributed by atoms with Crippen LogP contribution in [0.15, 0.2) is 24.3 Å². The summed E-state index contributed by atoms with van der Waals surface area (Å²) in [5.74, 6) is 0. The second kappa shape index (κ2) is 4.76. The summed E-state index contributed by atoms with van der Waals surface area (Å²) in [6.07, 6.45) is 6.03. The summed E-state index contributed by atoms with van der Waals surface area (Å²) in [4.78, 5) is 0. The minimum atomic E-state index is -1.21. The van der Waals surface area contributed by atoms with Crippen LogP contribution < -0.4 is 11.0 Å². The number of hydrogen-bond acceptors (Lipinski definition) is 2. The molecule has 2 N–H and O–H groups in total. The zero-order valence-corrected chi connectivity index (χ0v) is 9.75. The van der Waals surface area contributed by atoms with Gasteiger partial charge in [0.2, 0.25) is 0 Å². The molecule has 2 nitrogen and oxygen atoms in total. The fourth-order valence-electron chi connectivity index (χ4n) is 2.15. The number of nitrogen functional groups attached to an aromatic ring is 1.